The van der Waals surface area contributed by atoms with Gasteiger partial charge < -0.3 is 25.7 Å². The Morgan fingerprint density at radius 2 is 1.66 bits per heavy atom. The molecule has 0 bridgehead atoms. The predicted octanol–water partition coefficient (Wildman–Crippen LogP) is 5.46. The molecule has 2 heterocycles. The number of alkyl halides is 2. The second-order valence-electron chi connectivity index (χ2n) is 12.2. The Kier molecular flexibility index (Phi) is 9.36. The predicted molar refractivity (Wildman–Crippen MR) is 161 cm³/mol. The Balaban J connectivity index is 1.54. The first-order valence-electron chi connectivity index (χ1n) is 14.5. The van der Waals surface area contributed by atoms with Crippen LogP contribution in [-0.2, 0) is 24.5 Å². The summed E-state index contributed by atoms with van der Waals surface area (Å²) in [5.41, 5.74) is -0.604. The fourth-order valence-corrected chi connectivity index (χ4v) is 5.69. The van der Waals surface area contributed by atoms with Gasteiger partial charge in [-0.3, -0.25) is 19.7 Å². The van der Waals surface area contributed by atoms with E-state index in [2.05, 4.69) is 20.9 Å². The van der Waals surface area contributed by atoms with Gasteiger partial charge in [-0.2, -0.15) is 0 Å². The van der Waals surface area contributed by atoms with E-state index >= 15 is 0 Å². The van der Waals surface area contributed by atoms with Crippen LogP contribution in [0.25, 0.3) is 0 Å². The molecule has 4 N–H and O–H groups in total. The fourth-order valence-electron chi connectivity index (χ4n) is 5.69. The van der Waals surface area contributed by atoms with E-state index in [-0.39, 0.29) is 48.4 Å². The van der Waals surface area contributed by atoms with Crippen molar-refractivity contribution in [3.63, 3.8) is 0 Å². The molecule has 1 atom stereocenters. The quantitative estimate of drug-likeness (QED) is 0.305. The van der Waals surface area contributed by atoms with Crippen LogP contribution in [0.15, 0.2) is 36.4 Å². The lowest BCUT2D eigenvalue weighted by Crippen LogP contribution is -2.54. The normalized spacial score (nSPS) is 19.0. The van der Waals surface area contributed by atoms with Crippen LogP contribution >= 0.6 is 0 Å². The first kappa shape index (κ1) is 32.5. The van der Waals surface area contributed by atoms with Gasteiger partial charge in [0.05, 0.1) is 11.1 Å². The number of nitrogens with zero attached hydrogens (tertiary/aromatic N) is 2. The molecule has 1 aromatic heterocycles. The van der Waals surface area contributed by atoms with Gasteiger partial charge in [0.1, 0.15) is 23.2 Å². The van der Waals surface area contributed by atoms with Crippen molar-refractivity contribution in [2.75, 3.05) is 22.5 Å². The van der Waals surface area contributed by atoms with Crippen LogP contribution < -0.4 is 16.0 Å². The number of anilines is 3. The Morgan fingerprint density at radius 3 is 2.25 bits per heavy atom. The number of carbonyl (C=O) groups is 4. The lowest BCUT2D eigenvalue weighted by atomic mass is 9.67. The van der Waals surface area contributed by atoms with Crippen LogP contribution in [0.5, 0.6) is 0 Å². The van der Waals surface area contributed by atoms with Gasteiger partial charge in [0.25, 0.3) is 0 Å². The number of hydrogen-bond acceptors (Lipinski definition) is 7. The fraction of sp³-hybridized carbons (Fsp3) is 0.484. The Morgan fingerprint density at radius 1 is 1.00 bits per heavy atom. The SMILES string of the molecule is CC(=O)Nc1ccc(C2(C(=O)N3CCC[C@@H]3C(=O)Nc3ccc(NC(=O)OC(C)(C)C)c(C=N)n3)CCC(F)(F)CC2)cc1. The van der Waals surface area contributed by atoms with Crippen molar-refractivity contribution < 1.29 is 32.7 Å². The Labute approximate surface area is 254 Å². The second kappa shape index (κ2) is 12.7. The summed E-state index contributed by atoms with van der Waals surface area (Å²) in [7, 11) is 0. The van der Waals surface area contributed by atoms with Crippen molar-refractivity contribution in [3.8, 4) is 0 Å². The molecule has 11 nitrogen and oxygen atoms in total. The van der Waals surface area contributed by atoms with Crippen LogP contribution in [-0.4, -0.2) is 64.0 Å². The zero-order chi connectivity index (χ0) is 32.3. The number of hydrogen-bond donors (Lipinski definition) is 4. The zero-order valence-corrected chi connectivity index (χ0v) is 25.3. The average molecular weight is 613 g/mol. The highest BCUT2D eigenvalue weighted by atomic mass is 19.3. The van der Waals surface area contributed by atoms with E-state index in [1.807, 2.05) is 0 Å². The van der Waals surface area contributed by atoms with E-state index < -0.39 is 47.8 Å². The van der Waals surface area contributed by atoms with Crippen molar-refractivity contribution in [1.29, 1.82) is 5.41 Å². The first-order chi connectivity index (χ1) is 20.6. The molecule has 13 heteroatoms. The minimum absolute atomic E-state index is 0.0813. The molecular weight excluding hydrogens is 574 g/mol. The molecule has 236 valence electrons. The molecule has 44 heavy (non-hydrogen) atoms. The third-order valence-electron chi connectivity index (χ3n) is 7.77. The molecule has 4 rings (SSSR count). The molecule has 1 aliphatic carbocycles. The van der Waals surface area contributed by atoms with Crippen molar-refractivity contribution in [3.05, 3.63) is 47.7 Å². The standard InChI is InChI=1S/C31H38F2N6O5/c1-19(40)35-21-9-7-20(8-10-21)30(13-15-31(32,33)16-14-30)27(42)39-17-5-6-24(39)26(41)38-25-12-11-22(23(18-34)36-25)37-28(43)44-29(2,3)4/h7-12,18,24,34H,5-6,13-17H2,1-4H3,(H,35,40)(H,37,43)(H,36,38,41)/t24-/m1/s1. The number of likely N-dealkylation sites (tertiary alicyclic amines) is 1. The highest BCUT2D eigenvalue weighted by Crippen LogP contribution is 2.47. The van der Waals surface area contributed by atoms with Gasteiger partial charge >= 0.3 is 6.09 Å². The third kappa shape index (κ3) is 7.56. The molecule has 0 unspecified atom stereocenters. The summed E-state index contributed by atoms with van der Waals surface area (Å²) in [5, 5.41) is 15.6. The van der Waals surface area contributed by atoms with Gasteiger partial charge in [0.15, 0.2) is 0 Å². The third-order valence-corrected chi connectivity index (χ3v) is 7.77. The van der Waals surface area contributed by atoms with Gasteiger partial charge in [-0.15, -0.1) is 0 Å². The Hall–Kier alpha value is -4.42. The number of aromatic nitrogens is 1. The molecule has 0 spiro atoms. The number of rotatable bonds is 7. The van der Waals surface area contributed by atoms with E-state index in [1.165, 1.54) is 24.0 Å². The van der Waals surface area contributed by atoms with E-state index in [1.54, 1.807) is 45.0 Å². The number of halogens is 2. The lowest BCUT2D eigenvalue weighted by molar-refractivity contribution is -0.146. The van der Waals surface area contributed by atoms with Gasteiger partial charge in [-0.1, -0.05) is 12.1 Å². The van der Waals surface area contributed by atoms with Crippen LogP contribution in [0.1, 0.15) is 77.5 Å². The van der Waals surface area contributed by atoms with E-state index in [9.17, 15) is 28.0 Å². The number of benzene rings is 1. The minimum atomic E-state index is -2.88. The molecule has 2 aliphatic rings. The van der Waals surface area contributed by atoms with E-state index in [0.717, 1.165) is 6.21 Å². The van der Waals surface area contributed by atoms with E-state index in [0.29, 0.717) is 24.1 Å². The Bertz CT molecular complexity index is 1430. The summed E-state index contributed by atoms with van der Waals surface area (Å²) in [6.45, 7) is 6.81. The van der Waals surface area contributed by atoms with Gasteiger partial charge in [-0.25, -0.2) is 18.6 Å². The van der Waals surface area contributed by atoms with E-state index in [4.69, 9.17) is 10.1 Å². The maximum Gasteiger partial charge on any atom is 0.412 e. The molecule has 1 saturated heterocycles. The number of amides is 4. The average Bonchev–Trinajstić information content (AvgIpc) is 3.43. The summed E-state index contributed by atoms with van der Waals surface area (Å²) in [5.74, 6) is -3.91. The molecule has 1 aromatic carbocycles. The van der Waals surface area contributed by atoms with Crippen LogP contribution in [0.4, 0.5) is 30.8 Å². The van der Waals surface area contributed by atoms with Crippen LogP contribution in [0.2, 0.25) is 0 Å². The lowest BCUT2D eigenvalue weighted by Gasteiger charge is -2.42. The van der Waals surface area contributed by atoms with Crippen LogP contribution in [0.3, 0.4) is 0 Å². The maximum absolute atomic E-state index is 14.3. The van der Waals surface area contributed by atoms with Gasteiger partial charge in [-0.05, 0) is 76.3 Å². The molecule has 1 saturated carbocycles. The molecule has 1 aliphatic heterocycles. The van der Waals surface area contributed by atoms with Crippen molar-refractivity contribution in [1.82, 2.24) is 9.88 Å². The molecular formula is C31H38F2N6O5. The maximum atomic E-state index is 14.3. The van der Waals surface area contributed by atoms with Crippen molar-refractivity contribution in [2.24, 2.45) is 0 Å². The molecule has 0 radical (unpaired) electrons. The number of carbonyl (C=O) groups excluding carboxylic acids is 4. The smallest absolute Gasteiger partial charge is 0.412 e. The summed E-state index contributed by atoms with van der Waals surface area (Å²) in [4.78, 5) is 57.1. The summed E-state index contributed by atoms with van der Waals surface area (Å²) in [6, 6.07) is 8.71. The molecule has 2 aromatic rings. The van der Waals surface area contributed by atoms with Gasteiger partial charge in [0, 0.05) is 38.2 Å². The summed E-state index contributed by atoms with van der Waals surface area (Å²) < 4.78 is 33.8. The van der Waals surface area contributed by atoms with Gasteiger partial charge in [0.2, 0.25) is 23.6 Å². The zero-order valence-electron chi connectivity index (χ0n) is 25.3. The molecule has 4 amide bonds. The summed E-state index contributed by atoms with van der Waals surface area (Å²) >= 11 is 0. The second-order valence-corrected chi connectivity index (χ2v) is 12.2. The highest BCUT2D eigenvalue weighted by Gasteiger charge is 2.52. The number of pyridine rings is 1. The molecule has 2 fully saturated rings. The highest BCUT2D eigenvalue weighted by molar-refractivity contribution is 6.00. The van der Waals surface area contributed by atoms with Crippen molar-refractivity contribution >= 4 is 47.2 Å². The number of ether oxygens (including phenoxy) is 1. The topological polar surface area (TPSA) is 154 Å². The number of nitrogens with one attached hydrogen (secondary N) is 4. The van der Waals surface area contributed by atoms with Crippen molar-refractivity contribution in [2.45, 2.75) is 89.2 Å². The summed E-state index contributed by atoms with van der Waals surface area (Å²) in [6.07, 6.45) is 0.0371. The monoisotopic (exact) mass is 612 g/mol. The minimum Gasteiger partial charge on any atom is -0.444 e. The van der Waals surface area contributed by atoms with Crippen LogP contribution in [0, 0.1) is 5.41 Å². The largest absolute Gasteiger partial charge is 0.444 e. The first-order valence-corrected chi connectivity index (χ1v) is 14.5.